The Bertz CT molecular complexity index is 389. The van der Waals surface area contributed by atoms with E-state index in [9.17, 15) is 4.79 Å². The predicted octanol–water partition coefficient (Wildman–Crippen LogP) is 1.53. The Morgan fingerprint density at radius 1 is 1.50 bits per heavy atom. The molecule has 1 amide bonds. The van der Waals surface area contributed by atoms with E-state index in [1.165, 1.54) is 11.1 Å². The molecule has 1 aromatic carbocycles. The lowest BCUT2D eigenvalue weighted by Crippen LogP contribution is -2.33. The SMILES string of the molecule is Cc1cccc(C(C)NC2CNC(=O)C2)c1. The van der Waals surface area contributed by atoms with Crippen molar-refractivity contribution in [1.29, 1.82) is 0 Å². The molecule has 0 saturated carbocycles. The minimum Gasteiger partial charge on any atom is -0.354 e. The van der Waals surface area contributed by atoms with Gasteiger partial charge in [0.25, 0.3) is 0 Å². The summed E-state index contributed by atoms with van der Waals surface area (Å²) in [7, 11) is 0. The average Bonchev–Trinajstić information content (AvgIpc) is 2.64. The lowest BCUT2D eigenvalue weighted by atomic mass is 10.0. The van der Waals surface area contributed by atoms with Gasteiger partial charge in [-0.1, -0.05) is 29.8 Å². The molecule has 1 heterocycles. The fourth-order valence-corrected chi connectivity index (χ4v) is 2.11. The van der Waals surface area contributed by atoms with Crippen molar-refractivity contribution in [2.24, 2.45) is 0 Å². The molecule has 2 rings (SSSR count). The van der Waals surface area contributed by atoms with Crippen LogP contribution in [0.3, 0.4) is 0 Å². The number of nitrogens with one attached hydrogen (secondary N) is 2. The standard InChI is InChI=1S/C13H18N2O/c1-9-4-3-5-11(6-9)10(2)15-12-7-13(16)14-8-12/h3-6,10,12,15H,7-8H2,1-2H3,(H,14,16). The number of aryl methyl sites for hydroxylation is 1. The normalized spacial score (nSPS) is 21.9. The topological polar surface area (TPSA) is 41.1 Å². The molecule has 1 aliphatic heterocycles. The van der Waals surface area contributed by atoms with Gasteiger partial charge >= 0.3 is 0 Å². The Balaban J connectivity index is 1.97. The lowest BCUT2D eigenvalue weighted by molar-refractivity contribution is -0.119. The van der Waals surface area contributed by atoms with Crippen LogP contribution in [0, 0.1) is 6.92 Å². The van der Waals surface area contributed by atoms with Gasteiger partial charge in [0.1, 0.15) is 0 Å². The van der Waals surface area contributed by atoms with Crippen molar-refractivity contribution >= 4 is 5.91 Å². The van der Waals surface area contributed by atoms with Crippen LogP contribution in [0.15, 0.2) is 24.3 Å². The van der Waals surface area contributed by atoms with Crippen molar-refractivity contribution in [2.75, 3.05) is 6.54 Å². The first-order valence-corrected chi connectivity index (χ1v) is 5.74. The van der Waals surface area contributed by atoms with Crippen LogP contribution >= 0.6 is 0 Å². The Labute approximate surface area is 96.2 Å². The fraction of sp³-hybridized carbons (Fsp3) is 0.462. The first-order valence-electron chi connectivity index (χ1n) is 5.74. The summed E-state index contributed by atoms with van der Waals surface area (Å²) in [5.41, 5.74) is 2.55. The van der Waals surface area contributed by atoms with Gasteiger partial charge in [-0.05, 0) is 19.4 Å². The second-order valence-electron chi connectivity index (χ2n) is 4.51. The summed E-state index contributed by atoms with van der Waals surface area (Å²) in [6.07, 6.45) is 0.593. The second-order valence-corrected chi connectivity index (χ2v) is 4.51. The van der Waals surface area contributed by atoms with Gasteiger partial charge in [0.2, 0.25) is 5.91 Å². The molecule has 1 fully saturated rings. The predicted molar refractivity (Wildman–Crippen MR) is 64.1 cm³/mol. The summed E-state index contributed by atoms with van der Waals surface area (Å²) in [4.78, 5) is 11.1. The summed E-state index contributed by atoms with van der Waals surface area (Å²) < 4.78 is 0. The summed E-state index contributed by atoms with van der Waals surface area (Å²) in [6, 6.07) is 9.02. The highest BCUT2D eigenvalue weighted by Crippen LogP contribution is 2.15. The van der Waals surface area contributed by atoms with E-state index < -0.39 is 0 Å². The highest BCUT2D eigenvalue weighted by Gasteiger charge is 2.22. The van der Waals surface area contributed by atoms with Crippen LogP contribution in [0.25, 0.3) is 0 Å². The molecule has 2 unspecified atom stereocenters. The quantitative estimate of drug-likeness (QED) is 0.808. The van der Waals surface area contributed by atoms with E-state index in [2.05, 4.69) is 48.7 Å². The molecule has 1 saturated heterocycles. The van der Waals surface area contributed by atoms with E-state index in [1.54, 1.807) is 0 Å². The molecule has 1 aromatic rings. The molecule has 16 heavy (non-hydrogen) atoms. The maximum absolute atomic E-state index is 11.1. The van der Waals surface area contributed by atoms with Gasteiger partial charge in [-0.3, -0.25) is 4.79 Å². The Hall–Kier alpha value is -1.35. The molecule has 3 heteroatoms. The van der Waals surface area contributed by atoms with E-state index in [1.807, 2.05) is 0 Å². The third kappa shape index (κ3) is 2.61. The molecule has 2 N–H and O–H groups in total. The summed E-state index contributed by atoms with van der Waals surface area (Å²) in [5, 5.41) is 6.31. The molecule has 0 aliphatic carbocycles. The highest BCUT2D eigenvalue weighted by molar-refractivity contribution is 5.78. The lowest BCUT2D eigenvalue weighted by Gasteiger charge is -2.18. The van der Waals surface area contributed by atoms with Crippen LogP contribution < -0.4 is 10.6 Å². The van der Waals surface area contributed by atoms with Crippen LogP contribution in [-0.2, 0) is 4.79 Å². The van der Waals surface area contributed by atoms with Crippen molar-refractivity contribution in [3.05, 3.63) is 35.4 Å². The van der Waals surface area contributed by atoms with Crippen LogP contribution in [0.1, 0.15) is 30.5 Å². The summed E-state index contributed by atoms with van der Waals surface area (Å²) in [5.74, 6) is 0.147. The maximum Gasteiger partial charge on any atom is 0.221 e. The van der Waals surface area contributed by atoms with E-state index >= 15 is 0 Å². The van der Waals surface area contributed by atoms with Crippen LogP contribution in [-0.4, -0.2) is 18.5 Å². The monoisotopic (exact) mass is 218 g/mol. The van der Waals surface area contributed by atoms with Gasteiger partial charge in [0.05, 0.1) is 0 Å². The van der Waals surface area contributed by atoms with Gasteiger partial charge in [0, 0.05) is 25.0 Å². The Morgan fingerprint density at radius 2 is 2.31 bits per heavy atom. The number of carbonyl (C=O) groups is 1. The number of rotatable bonds is 3. The molecule has 1 aliphatic rings. The molecule has 3 nitrogen and oxygen atoms in total. The van der Waals surface area contributed by atoms with Crippen molar-refractivity contribution < 1.29 is 4.79 Å². The van der Waals surface area contributed by atoms with Gasteiger partial charge in [0.15, 0.2) is 0 Å². The van der Waals surface area contributed by atoms with Crippen molar-refractivity contribution in [2.45, 2.75) is 32.4 Å². The minimum absolute atomic E-state index is 0.147. The van der Waals surface area contributed by atoms with Crippen LogP contribution in [0.2, 0.25) is 0 Å². The number of amides is 1. The van der Waals surface area contributed by atoms with E-state index in [0.717, 1.165) is 6.54 Å². The minimum atomic E-state index is 0.147. The van der Waals surface area contributed by atoms with E-state index in [0.29, 0.717) is 6.42 Å². The number of carbonyl (C=O) groups excluding carboxylic acids is 1. The third-order valence-electron chi connectivity index (χ3n) is 3.01. The van der Waals surface area contributed by atoms with Crippen LogP contribution in [0.4, 0.5) is 0 Å². The number of hydrogen-bond acceptors (Lipinski definition) is 2. The van der Waals surface area contributed by atoms with Crippen molar-refractivity contribution in [3.8, 4) is 0 Å². The smallest absolute Gasteiger partial charge is 0.221 e. The maximum atomic E-state index is 11.1. The second kappa shape index (κ2) is 4.66. The van der Waals surface area contributed by atoms with Gasteiger partial charge in [-0.2, -0.15) is 0 Å². The summed E-state index contributed by atoms with van der Waals surface area (Å²) in [6.45, 7) is 4.98. The average molecular weight is 218 g/mol. The third-order valence-corrected chi connectivity index (χ3v) is 3.01. The molecule has 86 valence electrons. The van der Waals surface area contributed by atoms with Crippen molar-refractivity contribution in [1.82, 2.24) is 10.6 Å². The van der Waals surface area contributed by atoms with Crippen molar-refractivity contribution in [3.63, 3.8) is 0 Å². The zero-order valence-corrected chi connectivity index (χ0v) is 9.79. The highest BCUT2D eigenvalue weighted by atomic mass is 16.1. The molecule has 0 bridgehead atoms. The van der Waals surface area contributed by atoms with Crippen LogP contribution in [0.5, 0.6) is 0 Å². The summed E-state index contributed by atoms with van der Waals surface area (Å²) >= 11 is 0. The molecule has 0 spiro atoms. The fourth-order valence-electron chi connectivity index (χ4n) is 2.11. The zero-order valence-electron chi connectivity index (χ0n) is 9.79. The van der Waals surface area contributed by atoms with Gasteiger partial charge in [-0.25, -0.2) is 0 Å². The molecular weight excluding hydrogens is 200 g/mol. The number of hydrogen-bond donors (Lipinski definition) is 2. The van der Waals surface area contributed by atoms with E-state index in [4.69, 9.17) is 0 Å². The Morgan fingerprint density at radius 3 is 2.94 bits per heavy atom. The number of benzene rings is 1. The Kier molecular flexibility index (Phi) is 3.25. The zero-order chi connectivity index (χ0) is 11.5. The molecular formula is C13H18N2O. The molecule has 0 aromatic heterocycles. The van der Waals surface area contributed by atoms with Gasteiger partial charge < -0.3 is 10.6 Å². The first-order chi connectivity index (χ1) is 7.65. The first kappa shape index (κ1) is 11.1. The van der Waals surface area contributed by atoms with E-state index in [-0.39, 0.29) is 18.0 Å². The van der Waals surface area contributed by atoms with Gasteiger partial charge in [-0.15, -0.1) is 0 Å². The molecule has 0 radical (unpaired) electrons. The molecule has 2 atom stereocenters. The largest absolute Gasteiger partial charge is 0.354 e.